The van der Waals surface area contributed by atoms with E-state index in [-0.39, 0.29) is 11.8 Å². The van der Waals surface area contributed by atoms with E-state index in [1.807, 2.05) is 0 Å². The van der Waals surface area contributed by atoms with Gasteiger partial charge in [-0.05, 0) is 43.0 Å². The van der Waals surface area contributed by atoms with Crippen LogP contribution in [0.3, 0.4) is 0 Å². The topological polar surface area (TPSA) is 124 Å². The number of carbonyl (C=O) groups excluding carboxylic acids is 1. The highest BCUT2D eigenvalue weighted by molar-refractivity contribution is 5.95. The number of hydrogen-bond donors (Lipinski definition) is 4. The fourth-order valence-electron chi connectivity index (χ4n) is 4.39. The van der Waals surface area contributed by atoms with Crippen molar-refractivity contribution in [1.29, 1.82) is 5.41 Å². The Morgan fingerprint density at radius 3 is 2.90 bits per heavy atom. The van der Waals surface area contributed by atoms with Crippen LogP contribution in [0.5, 0.6) is 0 Å². The fraction of sp³-hybridized carbons (Fsp3) is 0.333. The third kappa shape index (κ3) is 3.37. The van der Waals surface area contributed by atoms with Crippen molar-refractivity contribution in [3.8, 4) is 0 Å². The van der Waals surface area contributed by atoms with Crippen LogP contribution in [0.15, 0.2) is 24.5 Å². The predicted molar refractivity (Wildman–Crippen MR) is 113 cm³/mol. The number of halogens is 2. The van der Waals surface area contributed by atoms with Crippen LogP contribution in [0.2, 0.25) is 0 Å². The van der Waals surface area contributed by atoms with Crippen molar-refractivity contribution in [3.05, 3.63) is 41.3 Å². The van der Waals surface area contributed by atoms with E-state index in [4.69, 9.17) is 11.1 Å². The molecular weight excluding hydrogens is 404 g/mol. The highest BCUT2D eigenvalue weighted by atomic mass is 19.3. The molecule has 2 aromatic heterocycles. The monoisotopic (exact) mass is 425 g/mol. The Morgan fingerprint density at radius 1 is 1.35 bits per heavy atom. The van der Waals surface area contributed by atoms with Crippen molar-refractivity contribution in [2.24, 2.45) is 5.92 Å². The molecule has 5 N–H and O–H groups in total. The molecule has 5 rings (SSSR count). The van der Waals surface area contributed by atoms with E-state index in [1.165, 1.54) is 17.4 Å². The first-order chi connectivity index (χ1) is 14.8. The van der Waals surface area contributed by atoms with Crippen molar-refractivity contribution >= 4 is 40.3 Å². The SMILES string of the molecule is N=Cc1cc(Nc2ncnc3[nH]c4c(c23)CC(C(=O)N2CC(F)(F)C2)CC4)ccc1N. The largest absolute Gasteiger partial charge is 0.398 e. The summed E-state index contributed by atoms with van der Waals surface area (Å²) in [6.07, 6.45) is 4.34. The number of benzene rings is 1. The lowest BCUT2D eigenvalue weighted by Gasteiger charge is -2.41. The van der Waals surface area contributed by atoms with Gasteiger partial charge >= 0.3 is 0 Å². The first-order valence-electron chi connectivity index (χ1n) is 10.0. The molecule has 3 heterocycles. The number of amides is 1. The first kappa shape index (κ1) is 19.4. The number of nitrogens with two attached hydrogens (primary N) is 1. The van der Waals surface area contributed by atoms with Gasteiger partial charge in [0.05, 0.1) is 18.5 Å². The number of rotatable bonds is 4. The maximum atomic E-state index is 13.2. The minimum Gasteiger partial charge on any atom is -0.398 e. The number of nitrogen functional groups attached to an aromatic ring is 1. The standard InChI is InChI=1S/C21H21F2N7O/c22-21(23)8-30(9-21)20(31)11-1-4-16-14(6-11)17-18(26-10-27-19(17)29-16)28-13-2-3-15(25)12(5-13)7-24/h2-3,5,7,10-11,24H,1,4,6,8-9,25H2,(H2,26,27,28,29). The van der Waals surface area contributed by atoms with Crippen molar-refractivity contribution in [3.63, 3.8) is 0 Å². The molecule has 1 aliphatic carbocycles. The summed E-state index contributed by atoms with van der Waals surface area (Å²) in [6.45, 7) is -0.989. The smallest absolute Gasteiger partial charge is 0.282 e. The lowest BCUT2D eigenvalue weighted by molar-refractivity contribution is -0.169. The molecule has 0 bridgehead atoms. The molecule has 0 radical (unpaired) electrons. The van der Waals surface area contributed by atoms with Crippen molar-refractivity contribution in [2.75, 3.05) is 24.1 Å². The van der Waals surface area contributed by atoms with Crippen molar-refractivity contribution < 1.29 is 13.6 Å². The molecule has 2 aliphatic rings. The van der Waals surface area contributed by atoms with Crippen LogP contribution in [0.25, 0.3) is 11.0 Å². The van der Waals surface area contributed by atoms with Crippen LogP contribution in [-0.4, -0.2) is 51.0 Å². The molecule has 1 fully saturated rings. The average molecular weight is 425 g/mol. The summed E-state index contributed by atoms with van der Waals surface area (Å²) in [5, 5.41) is 11.5. The van der Waals surface area contributed by atoms with Crippen LogP contribution in [0.4, 0.5) is 26.0 Å². The zero-order chi connectivity index (χ0) is 21.8. The highest BCUT2D eigenvalue weighted by Gasteiger charge is 2.48. The molecule has 1 unspecified atom stereocenters. The molecule has 0 saturated carbocycles. The number of H-pyrrole nitrogens is 1. The second kappa shape index (κ2) is 7.00. The quantitative estimate of drug-likeness (QED) is 0.378. The van der Waals surface area contributed by atoms with Gasteiger partial charge in [0.2, 0.25) is 5.91 Å². The number of likely N-dealkylation sites (tertiary alicyclic amines) is 1. The molecule has 1 saturated heterocycles. The summed E-state index contributed by atoms with van der Waals surface area (Å²) in [4.78, 5) is 26.0. The van der Waals surface area contributed by atoms with Gasteiger partial charge in [-0.1, -0.05) is 0 Å². The molecule has 1 amide bonds. The zero-order valence-electron chi connectivity index (χ0n) is 16.6. The van der Waals surface area contributed by atoms with Crippen LogP contribution in [0, 0.1) is 11.3 Å². The van der Waals surface area contributed by atoms with Gasteiger partial charge in [-0.25, -0.2) is 18.7 Å². The van der Waals surface area contributed by atoms with Crippen molar-refractivity contribution in [2.45, 2.75) is 25.2 Å². The van der Waals surface area contributed by atoms with Gasteiger partial charge in [0.1, 0.15) is 17.8 Å². The zero-order valence-corrected chi connectivity index (χ0v) is 16.6. The maximum absolute atomic E-state index is 13.2. The molecule has 1 atom stereocenters. The Balaban J connectivity index is 1.46. The molecule has 3 aromatic rings. The average Bonchev–Trinajstić information content (AvgIpc) is 3.11. The van der Waals surface area contributed by atoms with E-state index in [2.05, 4.69) is 20.3 Å². The van der Waals surface area contributed by atoms with Crippen LogP contribution in [-0.2, 0) is 17.6 Å². The lowest BCUT2D eigenvalue weighted by atomic mass is 9.85. The Kier molecular flexibility index (Phi) is 4.38. The number of aromatic nitrogens is 3. The minimum absolute atomic E-state index is 0.216. The van der Waals surface area contributed by atoms with Gasteiger partial charge < -0.3 is 26.3 Å². The van der Waals surface area contributed by atoms with Gasteiger partial charge in [-0.3, -0.25) is 4.79 Å². The lowest BCUT2D eigenvalue weighted by Crippen LogP contribution is -2.60. The fourth-order valence-corrected chi connectivity index (χ4v) is 4.39. The van der Waals surface area contributed by atoms with E-state index >= 15 is 0 Å². The summed E-state index contributed by atoms with van der Waals surface area (Å²) in [6, 6.07) is 5.27. The third-order valence-corrected chi connectivity index (χ3v) is 5.99. The summed E-state index contributed by atoms with van der Waals surface area (Å²) in [7, 11) is 0. The molecule has 1 aliphatic heterocycles. The van der Waals surface area contributed by atoms with Crippen LogP contribution >= 0.6 is 0 Å². The normalized spacial score (nSPS) is 19.5. The molecule has 160 valence electrons. The Hall–Kier alpha value is -3.56. The molecule has 1 aromatic carbocycles. The number of alkyl halides is 2. The summed E-state index contributed by atoms with van der Waals surface area (Å²) in [5.41, 5.74) is 10.3. The summed E-state index contributed by atoms with van der Waals surface area (Å²) >= 11 is 0. The number of nitrogens with one attached hydrogen (secondary N) is 3. The first-order valence-corrected chi connectivity index (χ1v) is 10.0. The van der Waals surface area contributed by atoms with Crippen molar-refractivity contribution in [1.82, 2.24) is 19.9 Å². The molecular formula is C21H21F2N7O. The molecule has 10 heteroatoms. The maximum Gasteiger partial charge on any atom is 0.282 e. The van der Waals surface area contributed by atoms with E-state index < -0.39 is 19.0 Å². The van der Waals surface area contributed by atoms with Gasteiger partial charge in [0.25, 0.3) is 5.92 Å². The number of fused-ring (bicyclic) bond motifs is 3. The Labute approximate surface area is 176 Å². The third-order valence-electron chi connectivity index (χ3n) is 5.99. The van der Waals surface area contributed by atoms with Gasteiger partial charge in [0.15, 0.2) is 0 Å². The highest BCUT2D eigenvalue weighted by Crippen LogP contribution is 2.37. The number of nitrogens with zero attached hydrogens (tertiary/aromatic N) is 3. The minimum atomic E-state index is -2.77. The molecule has 8 nitrogen and oxygen atoms in total. The number of aromatic amines is 1. The van der Waals surface area contributed by atoms with Gasteiger partial charge in [-0.15, -0.1) is 0 Å². The second-order valence-corrected chi connectivity index (χ2v) is 8.13. The molecule has 31 heavy (non-hydrogen) atoms. The van der Waals surface area contributed by atoms with Gasteiger partial charge in [-0.2, -0.15) is 0 Å². The summed E-state index contributed by atoms with van der Waals surface area (Å²) in [5.74, 6) is -2.75. The second-order valence-electron chi connectivity index (χ2n) is 8.13. The van der Waals surface area contributed by atoms with Gasteiger partial charge in [0, 0.05) is 34.8 Å². The Bertz CT molecular complexity index is 1200. The van der Waals surface area contributed by atoms with E-state index in [0.717, 1.165) is 16.6 Å². The number of carbonyl (C=O) groups is 1. The number of hydrogen-bond acceptors (Lipinski definition) is 6. The molecule has 0 spiro atoms. The van der Waals surface area contributed by atoms with Crippen LogP contribution in [0.1, 0.15) is 23.2 Å². The van der Waals surface area contributed by atoms with Crippen LogP contribution < -0.4 is 11.1 Å². The predicted octanol–water partition coefficient (Wildman–Crippen LogP) is 2.86. The number of aryl methyl sites for hydroxylation is 1. The van der Waals surface area contributed by atoms with E-state index in [9.17, 15) is 13.6 Å². The van der Waals surface area contributed by atoms with E-state index in [1.54, 1.807) is 18.2 Å². The Morgan fingerprint density at radius 2 is 2.16 bits per heavy atom. The number of anilines is 3. The summed E-state index contributed by atoms with van der Waals surface area (Å²) < 4.78 is 26.4. The van der Waals surface area contributed by atoms with E-state index in [0.29, 0.717) is 47.7 Å².